The Morgan fingerprint density at radius 2 is 1.71 bits per heavy atom. The Morgan fingerprint density at radius 1 is 0.927 bits per heavy atom. The number of fused-ring (bicyclic) bond motifs is 1. The lowest BCUT2D eigenvalue weighted by atomic mass is 9.94. The second-order valence-corrected chi connectivity index (χ2v) is 11.7. The molecule has 0 aromatic heterocycles. The van der Waals surface area contributed by atoms with Crippen LogP contribution in [-0.2, 0) is 11.4 Å². The fraction of sp³-hybridized carbons (Fsp3) is 0.257. The van der Waals surface area contributed by atoms with Crippen molar-refractivity contribution in [3.8, 4) is 11.5 Å². The van der Waals surface area contributed by atoms with Gasteiger partial charge in [-0.2, -0.15) is 0 Å². The molecule has 1 amide bonds. The Hall–Kier alpha value is -4.03. The number of thioether (sulfide) groups is 1. The molecule has 1 aliphatic heterocycles. The normalized spacial score (nSPS) is 18.0. The molecule has 208 valence electrons. The standard InChI is InChI=1S/C35H34N2O3S/c1-24-15-18-28(19-16-24)36-35-37(29-12-4-3-5-13-29)34(38)33(41-35)22-25-17-20-31(32(21-25)39-2)40-23-27-11-8-10-26-9-6-7-14-30(26)27/h6-11,14-22,29H,3-5,12-13,23H2,1-2H3/b33-22+,36-35?. The summed E-state index contributed by atoms with van der Waals surface area (Å²) in [5, 5.41) is 3.13. The first kappa shape index (κ1) is 27.2. The molecule has 41 heavy (non-hydrogen) atoms. The molecule has 0 spiro atoms. The van der Waals surface area contributed by atoms with E-state index in [1.807, 2.05) is 53.4 Å². The van der Waals surface area contributed by atoms with Crippen LogP contribution in [0.2, 0.25) is 0 Å². The van der Waals surface area contributed by atoms with Crippen molar-refractivity contribution in [2.24, 2.45) is 4.99 Å². The van der Waals surface area contributed by atoms with Gasteiger partial charge in [0.25, 0.3) is 5.91 Å². The number of nitrogens with zero attached hydrogens (tertiary/aromatic N) is 2. The Bertz CT molecular complexity index is 1620. The van der Waals surface area contributed by atoms with Crippen molar-refractivity contribution in [1.82, 2.24) is 4.90 Å². The third-order valence-corrected chi connectivity index (χ3v) is 8.77. The smallest absolute Gasteiger partial charge is 0.267 e. The molecule has 1 saturated carbocycles. The zero-order valence-electron chi connectivity index (χ0n) is 23.5. The van der Waals surface area contributed by atoms with Crippen molar-refractivity contribution >= 4 is 45.4 Å². The van der Waals surface area contributed by atoms with Gasteiger partial charge in [0.2, 0.25) is 0 Å². The van der Waals surface area contributed by atoms with Crippen LogP contribution in [0.15, 0.2) is 94.8 Å². The predicted molar refractivity (Wildman–Crippen MR) is 169 cm³/mol. The highest BCUT2D eigenvalue weighted by Crippen LogP contribution is 2.39. The first-order valence-corrected chi connectivity index (χ1v) is 15.1. The van der Waals surface area contributed by atoms with Gasteiger partial charge >= 0.3 is 0 Å². The van der Waals surface area contributed by atoms with Crippen LogP contribution in [0, 0.1) is 6.92 Å². The van der Waals surface area contributed by atoms with E-state index >= 15 is 0 Å². The van der Waals surface area contributed by atoms with Crippen LogP contribution < -0.4 is 9.47 Å². The number of methoxy groups -OCH3 is 1. The van der Waals surface area contributed by atoms with Crippen LogP contribution in [0.25, 0.3) is 16.8 Å². The molecule has 2 fully saturated rings. The second-order valence-electron chi connectivity index (χ2n) is 10.6. The Labute approximate surface area is 245 Å². The topological polar surface area (TPSA) is 51.1 Å². The Kier molecular flexibility index (Phi) is 8.10. The monoisotopic (exact) mass is 562 g/mol. The SMILES string of the molecule is COc1cc(/C=C2/SC(=Nc3ccc(C)cc3)N(C3CCCCC3)C2=O)ccc1OCc1cccc2ccccc12. The van der Waals surface area contributed by atoms with E-state index in [0.717, 1.165) is 47.7 Å². The van der Waals surface area contributed by atoms with E-state index in [1.165, 1.54) is 34.5 Å². The largest absolute Gasteiger partial charge is 0.493 e. The van der Waals surface area contributed by atoms with Crippen LogP contribution in [0.3, 0.4) is 0 Å². The molecule has 0 bridgehead atoms. The summed E-state index contributed by atoms with van der Waals surface area (Å²) < 4.78 is 11.9. The molecule has 6 rings (SSSR count). The summed E-state index contributed by atoms with van der Waals surface area (Å²) in [7, 11) is 1.64. The van der Waals surface area contributed by atoms with Gasteiger partial charge in [0.15, 0.2) is 16.7 Å². The van der Waals surface area contributed by atoms with Crippen molar-refractivity contribution in [2.45, 2.75) is 51.7 Å². The van der Waals surface area contributed by atoms with Gasteiger partial charge in [0.1, 0.15) is 6.61 Å². The summed E-state index contributed by atoms with van der Waals surface area (Å²) in [6.45, 7) is 2.50. The maximum atomic E-state index is 13.8. The van der Waals surface area contributed by atoms with Crippen molar-refractivity contribution in [1.29, 1.82) is 0 Å². The summed E-state index contributed by atoms with van der Waals surface area (Å²) in [5.74, 6) is 1.33. The van der Waals surface area contributed by atoms with Crippen LogP contribution in [0.5, 0.6) is 11.5 Å². The molecular formula is C35H34N2O3S. The minimum Gasteiger partial charge on any atom is -0.493 e. The third-order valence-electron chi connectivity index (χ3n) is 7.78. The molecular weight excluding hydrogens is 528 g/mol. The molecule has 5 nitrogen and oxygen atoms in total. The Morgan fingerprint density at radius 3 is 2.51 bits per heavy atom. The van der Waals surface area contributed by atoms with E-state index in [0.29, 0.717) is 23.0 Å². The number of hydrogen-bond acceptors (Lipinski definition) is 5. The average Bonchev–Trinajstić information content (AvgIpc) is 3.31. The minimum atomic E-state index is 0.0306. The minimum absolute atomic E-state index is 0.0306. The number of ether oxygens (including phenoxy) is 2. The summed E-state index contributed by atoms with van der Waals surface area (Å²) >= 11 is 1.46. The Balaban J connectivity index is 1.25. The zero-order valence-corrected chi connectivity index (χ0v) is 24.3. The number of rotatable bonds is 7. The van der Waals surface area contributed by atoms with Gasteiger partial charge in [0.05, 0.1) is 17.7 Å². The number of carbonyl (C=O) groups is 1. The van der Waals surface area contributed by atoms with E-state index in [-0.39, 0.29) is 11.9 Å². The van der Waals surface area contributed by atoms with Crippen LogP contribution in [0.1, 0.15) is 48.8 Å². The zero-order chi connectivity index (χ0) is 28.2. The summed E-state index contributed by atoms with van der Waals surface area (Å²) in [4.78, 5) is 21.3. The molecule has 4 aromatic rings. The van der Waals surface area contributed by atoms with Gasteiger partial charge in [-0.1, -0.05) is 85.5 Å². The summed E-state index contributed by atoms with van der Waals surface area (Å²) in [6, 6.07) is 28.7. The van der Waals surface area contributed by atoms with E-state index in [2.05, 4.69) is 49.4 Å². The average molecular weight is 563 g/mol. The molecule has 0 radical (unpaired) electrons. The van der Waals surface area contributed by atoms with Gasteiger partial charge in [-0.05, 0) is 83.8 Å². The lowest BCUT2D eigenvalue weighted by Crippen LogP contribution is -2.40. The van der Waals surface area contributed by atoms with Gasteiger partial charge in [-0.25, -0.2) is 4.99 Å². The molecule has 6 heteroatoms. The predicted octanol–water partition coefficient (Wildman–Crippen LogP) is 8.67. The molecule has 1 heterocycles. The number of carbonyl (C=O) groups excluding carboxylic acids is 1. The van der Waals surface area contributed by atoms with Crippen molar-refractivity contribution in [3.63, 3.8) is 0 Å². The highest BCUT2D eigenvalue weighted by molar-refractivity contribution is 8.18. The van der Waals surface area contributed by atoms with E-state index in [9.17, 15) is 4.79 Å². The fourth-order valence-corrected chi connectivity index (χ4v) is 6.63. The van der Waals surface area contributed by atoms with E-state index < -0.39 is 0 Å². The summed E-state index contributed by atoms with van der Waals surface area (Å²) in [6.07, 6.45) is 7.50. The molecule has 0 unspecified atom stereocenters. The molecule has 0 atom stereocenters. The van der Waals surface area contributed by atoms with Crippen molar-refractivity contribution in [3.05, 3.63) is 107 Å². The van der Waals surface area contributed by atoms with Crippen LogP contribution in [0.4, 0.5) is 5.69 Å². The van der Waals surface area contributed by atoms with E-state index in [1.54, 1.807) is 7.11 Å². The molecule has 1 saturated heterocycles. The lowest BCUT2D eigenvalue weighted by Gasteiger charge is -2.30. The first-order valence-electron chi connectivity index (χ1n) is 14.2. The number of hydrogen-bond donors (Lipinski definition) is 0. The number of benzene rings is 4. The highest BCUT2D eigenvalue weighted by Gasteiger charge is 2.38. The van der Waals surface area contributed by atoms with Gasteiger partial charge < -0.3 is 9.47 Å². The van der Waals surface area contributed by atoms with Gasteiger partial charge in [-0.15, -0.1) is 0 Å². The quantitative estimate of drug-likeness (QED) is 0.212. The maximum Gasteiger partial charge on any atom is 0.267 e. The number of aryl methyl sites for hydroxylation is 1. The van der Waals surface area contributed by atoms with Crippen LogP contribution in [-0.4, -0.2) is 29.1 Å². The van der Waals surface area contributed by atoms with E-state index in [4.69, 9.17) is 14.5 Å². The summed E-state index contributed by atoms with van der Waals surface area (Å²) in [5.41, 5.74) is 4.05. The maximum absolute atomic E-state index is 13.8. The second kappa shape index (κ2) is 12.2. The number of amidine groups is 1. The number of amides is 1. The highest BCUT2D eigenvalue weighted by atomic mass is 32.2. The van der Waals surface area contributed by atoms with Gasteiger partial charge in [0, 0.05) is 6.04 Å². The molecule has 1 aliphatic carbocycles. The third kappa shape index (κ3) is 6.03. The van der Waals surface area contributed by atoms with Crippen molar-refractivity contribution < 1.29 is 14.3 Å². The molecule has 0 N–H and O–H groups in total. The fourth-order valence-electron chi connectivity index (χ4n) is 5.57. The van der Waals surface area contributed by atoms with Gasteiger partial charge in [-0.3, -0.25) is 9.69 Å². The number of aliphatic imine (C=N–C) groups is 1. The first-order chi connectivity index (χ1) is 20.1. The molecule has 4 aromatic carbocycles. The van der Waals surface area contributed by atoms with Crippen molar-refractivity contribution in [2.75, 3.05) is 7.11 Å². The lowest BCUT2D eigenvalue weighted by molar-refractivity contribution is -0.124. The molecule has 2 aliphatic rings. The van der Waals surface area contributed by atoms with Crippen LogP contribution >= 0.6 is 11.8 Å².